The van der Waals surface area contributed by atoms with Crippen molar-refractivity contribution >= 4 is 0 Å². The highest BCUT2D eigenvalue weighted by atomic mass is 19.2. The van der Waals surface area contributed by atoms with Gasteiger partial charge in [0.1, 0.15) is 5.82 Å². The Balaban J connectivity index is 1.43. The Hall–Kier alpha value is -3.09. The summed E-state index contributed by atoms with van der Waals surface area (Å²) in [7, 11) is 0. The topological polar surface area (TPSA) is 27.7 Å². The van der Waals surface area contributed by atoms with E-state index < -0.39 is 23.7 Å². The van der Waals surface area contributed by atoms with Crippen LogP contribution in [0.4, 0.5) is 13.2 Å². The van der Waals surface area contributed by atoms with E-state index in [-0.39, 0.29) is 17.2 Å². The molecule has 6 heteroatoms. The van der Waals surface area contributed by atoms with Crippen LogP contribution in [0.15, 0.2) is 67.3 Å². The number of benzene rings is 3. The van der Waals surface area contributed by atoms with Crippen molar-refractivity contribution in [1.29, 1.82) is 0 Å². The molecule has 0 saturated carbocycles. The van der Waals surface area contributed by atoms with E-state index in [1.54, 1.807) is 36.4 Å². The van der Waals surface area contributed by atoms with Crippen LogP contribution < -0.4 is 4.74 Å². The summed E-state index contributed by atoms with van der Waals surface area (Å²) in [4.78, 5) is 0. The molecule has 1 fully saturated rings. The zero-order chi connectivity index (χ0) is 26.2. The van der Waals surface area contributed by atoms with E-state index in [1.165, 1.54) is 18.2 Å². The summed E-state index contributed by atoms with van der Waals surface area (Å²) < 4.78 is 61.2. The van der Waals surface area contributed by atoms with Crippen molar-refractivity contribution in [2.45, 2.75) is 45.3 Å². The van der Waals surface area contributed by atoms with E-state index in [2.05, 4.69) is 13.5 Å². The molecule has 0 spiro atoms. The van der Waals surface area contributed by atoms with Crippen LogP contribution in [0, 0.1) is 23.4 Å². The molecule has 1 aliphatic heterocycles. The molecule has 3 nitrogen and oxygen atoms in total. The van der Waals surface area contributed by atoms with Crippen LogP contribution in [0.5, 0.6) is 5.75 Å². The van der Waals surface area contributed by atoms with E-state index in [1.807, 2.05) is 6.08 Å². The molecular weight excluding hydrogens is 477 g/mol. The Morgan fingerprint density at radius 1 is 0.892 bits per heavy atom. The number of allylic oxidation sites excluding steroid dienone is 1. The van der Waals surface area contributed by atoms with Gasteiger partial charge in [-0.1, -0.05) is 62.2 Å². The summed E-state index contributed by atoms with van der Waals surface area (Å²) in [5.41, 5.74) is 2.43. The zero-order valence-electron chi connectivity index (χ0n) is 21.2. The van der Waals surface area contributed by atoms with Gasteiger partial charge in [0.05, 0.1) is 19.8 Å². The average Bonchev–Trinajstić information content (AvgIpc) is 2.93. The third kappa shape index (κ3) is 6.62. The molecule has 1 aliphatic rings. The smallest absolute Gasteiger partial charge is 0.201 e. The summed E-state index contributed by atoms with van der Waals surface area (Å²) in [5, 5.41) is 0. The average molecular weight is 511 g/mol. The Bertz CT molecular complexity index is 1190. The third-order valence-electron chi connectivity index (χ3n) is 6.58. The predicted octanol–water partition coefficient (Wildman–Crippen LogP) is 8.63. The standard InChI is InChI=1S/C31H33F3O3/c1-3-5-7-17-35-28-16-15-25(29(33)30(28)34)23-11-9-22(10-12-23)24-13-14-26(27(32)18-24)31-36-19-21(20-37-31)8-6-4-2/h4,9-16,18,21,31H,2-3,5-8,17,19-20H2,1H3. The van der Waals surface area contributed by atoms with Crippen LogP contribution in [0.1, 0.15) is 50.9 Å². The predicted molar refractivity (Wildman–Crippen MR) is 140 cm³/mol. The van der Waals surface area contributed by atoms with Crippen molar-refractivity contribution in [3.05, 3.63) is 90.3 Å². The second kappa shape index (κ2) is 12.9. The largest absolute Gasteiger partial charge is 0.490 e. The number of hydrogen-bond donors (Lipinski definition) is 0. The summed E-state index contributed by atoms with van der Waals surface area (Å²) in [6.45, 7) is 7.18. The lowest BCUT2D eigenvalue weighted by atomic mass is 9.98. The second-order valence-corrected chi connectivity index (χ2v) is 9.34. The van der Waals surface area contributed by atoms with Gasteiger partial charge < -0.3 is 14.2 Å². The van der Waals surface area contributed by atoms with Crippen LogP contribution >= 0.6 is 0 Å². The quantitative estimate of drug-likeness (QED) is 0.191. The minimum absolute atomic E-state index is 0.0808. The van der Waals surface area contributed by atoms with Crippen molar-refractivity contribution in [3.8, 4) is 28.0 Å². The number of ether oxygens (including phenoxy) is 3. The molecule has 0 aliphatic carbocycles. The van der Waals surface area contributed by atoms with Crippen LogP contribution in [-0.2, 0) is 9.47 Å². The fraction of sp³-hybridized carbons (Fsp3) is 0.355. The molecule has 0 unspecified atom stereocenters. The maximum atomic E-state index is 15.0. The first kappa shape index (κ1) is 27.0. The highest BCUT2D eigenvalue weighted by Crippen LogP contribution is 2.34. The van der Waals surface area contributed by atoms with E-state index >= 15 is 0 Å². The third-order valence-corrected chi connectivity index (χ3v) is 6.58. The monoisotopic (exact) mass is 510 g/mol. The molecule has 0 amide bonds. The molecule has 1 heterocycles. The van der Waals surface area contributed by atoms with Crippen molar-refractivity contribution in [2.24, 2.45) is 5.92 Å². The Morgan fingerprint density at radius 3 is 2.27 bits per heavy atom. The molecule has 37 heavy (non-hydrogen) atoms. The molecule has 0 atom stereocenters. The summed E-state index contributed by atoms with van der Waals surface area (Å²) in [6.07, 6.45) is 5.75. The van der Waals surface area contributed by atoms with Crippen molar-refractivity contribution in [3.63, 3.8) is 0 Å². The Morgan fingerprint density at radius 2 is 1.59 bits per heavy atom. The first-order valence-electron chi connectivity index (χ1n) is 12.9. The van der Waals surface area contributed by atoms with Crippen molar-refractivity contribution in [1.82, 2.24) is 0 Å². The molecule has 1 saturated heterocycles. The van der Waals surface area contributed by atoms with E-state index in [4.69, 9.17) is 14.2 Å². The SMILES string of the molecule is C=CCCC1COC(c2ccc(-c3ccc(-c4ccc(OCCCCC)c(F)c4F)cc3)cc2F)OC1. The number of halogens is 3. The van der Waals surface area contributed by atoms with Crippen LogP contribution in [0.25, 0.3) is 22.3 Å². The van der Waals surface area contributed by atoms with Gasteiger partial charge in [0.15, 0.2) is 17.9 Å². The van der Waals surface area contributed by atoms with Gasteiger partial charge in [-0.05, 0) is 54.2 Å². The molecule has 0 aromatic heterocycles. The van der Waals surface area contributed by atoms with Gasteiger partial charge in [-0.2, -0.15) is 4.39 Å². The lowest BCUT2D eigenvalue weighted by Gasteiger charge is -2.29. The van der Waals surface area contributed by atoms with Gasteiger partial charge >= 0.3 is 0 Å². The van der Waals surface area contributed by atoms with Crippen LogP contribution in [-0.4, -0.2) is 19.8 Å². The van der Waals surface area contributed by atoms with Crippen molar-refractivity contribution < 1.29 is 27.4 Å². The molecule has 4 rings (SSSR count). The minimum Gasteiger partial charge on any atom is -0.490 e. The number of unbranched alkanes of at least 4 members (excludes halogenated alkanes) is 2. The fourth-order valence-corrected chi connectivity index (χ4v) is 4.38. The second-order valence-electron chi connectivity index (χ2n) is 9.34. The van der Waals surface area contributed by atoms with Crippen molar-refractivity contribution in [2.75, 3.05) is 19.8 Å². The summed E-state index contributed by atoms with van der Waals surface area (Å²) in [6, 6.07) is 14.8. The lowest BCUT2D eigenvalue weighted by molar-refractivity contribution is -0.207. The van der Waals surface area contributed by atoms with Gasteiger partial charge in [0.2, 0.25) is 5.82 Å². The van der Waals surface area contributed by atoms with Crippen LogP contribution in [0.2, 0.25) is 0 Å². The van der Waals surface area contributed by atoms with E-state index in [0.29, 0.717) is 36.5 Å². The lowest BCUT2D eigenvalue weighted by Crippen LogP contribution is -2.27. The van der Waals surface area contributed by atoms with Gasteiger partial charge in [-0.15, -0.1) is 6.58 Å². The zero-order valence-corrected chi connectivity index (χ0v) is 21.2. The van der Waals surface area contributed by atoms with Gasteiger partial charge in [0, 0.05) is 17.0 Å². The molecule has 0 N–H and O–H groups in total. The highest BCUT2D eigenvalue weighted by molar-refractivity contribution is 5.71. The van der Waals surface area contributed by atoms with E-state index in [0.717, 1.165) is 37.7 Å². The first-order chi connectivity index (χ1) is 18.0. The highest BCUT2D eigenvalue weighted by Gasteiger charge is 2.25. The molecule has 196 valence electrons. The van der Waals surface area contributed by atoms with Gasteiger partial charge in [-0.25, -0.2) is 8.78 Å². The minimum atomic E-state index is -0.991. The maximum Gasteiger partial charge on any atom is 0.201 e. The fourth-order valence-electron chi connectivity index (χ4n) is 4.38. The number of hydrogen-bond acceptors (Lipinski definition) is 3. The molecular formula is C31H33F3O3. The Kier molecular flexibility index (Phi) is 9.42. The van der Waals surface area contributed by atoms with Crippen LogP contribution in [0.3, 0.4) is 0 Å². The molecule has 3 aromatic carbocycles. The summed E-state index contributed by atoms with van der Waals surface area (Å²) in [5.74, 6) is -2.16. The van der Waals surface area contributed by atoms with Gasteiger partial charge in [0.25, 0.3) is 0 Å². The Labute approximate surface area is 216 Å². The molecule has 0 bridgehead atoms. The van der Waals surface area contributed by atoms with Gasteiger partial charge in [-0.3, -0.25) is 0 Å². The maximum absolute atomic E-state index is 15.0. The van der Waals surface area contributed by atoms with E-state index in [9.17, 15) is 13.2 Å². The molecule has 0 radical (unpaired) electrons. The first-order valence-corrected chi connectivity index (χ1v) is 12.9. The molecule has 3 aromatic rings. The summed E-state index contributed by atoms with van der Waals surface area (Å²) >= 11 is 0. The number of rotatable bonds is 11. The normalized spacial score (nSPS) is 17.5.